The zero-order valence-electron chi connectivity index (χ0n) is 7.16. The number of ether oxygens (including phenoxy) is 2. The summed E-state index contributed by atoms with van der Waals surface area (Å²) in [6, 6.07) is 5.42. The van der Waals surface area contributed by atoms with Crippen LogP contribution in [0.3, 0.4) is 0 Å². The lowest BCUT2D eigenvalue weighted by Crippen LogP contribution is -2.25. The lowest BCUT2D eigenvalue weighted by molar-refractivity contribution is -0.132. The SMILES string of the molecule is COc1cccc2c1OC(=O)CN2. The van der Waals surface area contributed by atoms with Gasteiger partial charge >= 0.3 is 5.97 Å². The third kappa shape index (κ3) is 1.30. The minimum Gasteiger partial charge on any atom is -0.493 e. The predicted octanol–water partition coefficient (Wildman–Crippen LogP) is 1.03. The molecule has 0 unspecified atom stereocenters. The maximum atomic E-state index is 11.0. The van der Waals surface area contributed by atoms with Gasteiger partial charge in [0.1, 0.15) is 6.54 Å². The number of carbonyl (C=O) groups is 1. The van der Waals surface area contributed by atoms with Crippen LogP contribution in [0.5, 0.6) is 11.5 Å². The van der Waals surface area contributed by atoms with Gasteiger partial charge in [0.05, 0.1) is 12.8 Å². The number of fused-ring (bicyclic) bond motifs is 1. The fourth-order valence-electron chi connectivity index (χ4n) is 1.24. The van der Waals surface area contributed by atoms with Gasteiger partial charge in [0, 0.05) is 0 Å². The lowest BCUT2D eigenvalue weighted by Gasteiger charge is -2.18. The lowest BCUT2D eigenvalue weighted by atomic mass is 10.2. The largest absolute Gasteiger partial charge is 0.493 e. The molecule has 4 nitrogen and oxygen atoms in total. The van der Waals surface area contributed by atoms with Crippen molar-refractivity contribution in [3.63, 3.8) is 0 Å². The number of benzene rings is 1. The monoisotopic (exact) mass is 179 g/mol. The molecule has 1 aromatic carbocycles. The molecule has 0 saturated heterocycles. The first-order chi connectivity index (χ1) is 6.31. The highest BCUT2D eigenvalue weighted by Crippen LogP contribution is 2.36. The first-order valence-corrected chi connectivity index (χ1v) is 3.93. The summed E-state index contributed by atoms with van der Waals surface area (Å²) in [4.78, 5) is 11.0. The number of anilines is 1. The standard InChI is InChI=1S/C9H9NO3/c1-12-7-4-2-3-6-9(7)13-8(11)5-10-6/h2-4,10H,5H2,1H3. The molecular formula is C9H9NO3. The molecule has 0 saturated carbocycles. The van der Waals surface area contributed by atoms with Crippen LogP contribution in [0.25, 0.3) is 0 Å². The fourth-order valence-corrected chi connectivity index (χ4v) is 1.24. The highest BCUT2D eigenvalue weighted by atomic mass is 16.6. The highest BCUT2D eigenvalue weighted by molar-refractivity contribution is 5.84. The van der Waals surface area contributed by atoms with Gasteiger partial charge in [0.2, 0.25) is 0 Å². The van der Waals surface area contributed by atoms with Crippen LogP contribution in [0.4, 0.5) is 5.69 Å². The van der Waals surface area contributed by atoms with E-state index in [9.17, 15) is 4.79 Å². The minimum atomic E-state index is -0.294. The van der Waals surface area contributed by atoms with Crippen molar-refractivity contribution in [2.75, 3.05) is 19.0 Å². The first kappa shape index (κ1) is 7.91. The Kier molecular flexibility index (Phi) is 1.81. The molecule has 1 N–H and O–H groups in total. The van der Waals surface area contributed by atoms with Gasteiger partial charge < -0.3 is 14.8 Å². The second-order valence-corrected chi connectivity index (χ2v) is 2.66. The number of nitrogens with one attached hydrogen (secondary N) is 1. The summed E-state index contributed by atoms with van der Waals surface area (Å²) >= 11 is 0. The summed E-state index contributed by atoms with van der Waals surface area (Å²) in [6.07, 6.45) is 0. The van der Waals surface area contributed by atoms with E-state index < -0.39 is 0 Å². The van der Waals surface area contributed by atoms with E-state index in [-0.39, 0.29) is 12.5 Å². The van der Waals surface area contributed by atoms with Gasteiger partial charge in [-0.15, -0.1) is 0 Å². The molecule has 0 fully saturated rings. The zero-order chi connectivity index (χ0) is 9.26. The molecule has 0 bridgehead atoms. The van der Waals surface area contributed by atoms with E-state index in [0.717, 1.165) is 5.69 Å². The third-order valence-corrected chi connectivity index (χ3v) is 1.84. The third-order valence-electron chi connectivity index (χ3n) is 1.84. The Balaban J connectivity index is 2.46. The molecule has 1 aromatic rings. The van der Waals surface area contributed by atoms with Crippen LogP contribution in [0.2, 0.25) is 0 Å². The van der Waals surface area contributed by atoms with Gasteiger partial charge in [-0.05, 0) is 12.1 Å². The van der Waals surface area contributed by atoms with Crippen LogP contribution in [-0.4, -0.2) is 19.6 Å². The van der Waals surface area contributed by atoms with Gasteiger partial charge in [-0.1, -0.05) is 6.07 Å². The van der Waals surface area contributed by atoms with Crippen molar-refractivity contribution in [3.8, 4) is 11.5 Å². The Hall–Kier alpha value is -1.71. The molecule has 1 aliphatic rings. The number of methoxy groups -OCH3 is 1. The Bertz CT molecular complexity index is 334. The maximum Gasteiger partial charge on any atom is 0.330 e. The Morgan fingerprint density at radius 1 is 1.54 bits per heavy atom. The normalized spacial score (nSPS) is 14.1. The molecule has 0 amide bonds. The second kappa shape index (κ2) is 2.97. The number of rotatable bonds is 1. The fraction of sp³-hybridized carbons (Fsp3) is 0.222. The molecule has 2 rings (SSSR count). The second-order valence-electron chi connectivity index (χ2n) is 2.66. The van der Waals surface area contributed by atoms with Crippen molar-refractivity contribution in [1.29, 1.82) is 0 Å². The summed E-state index contributed by atoms with van der Waals surface area (Å²) in [5.74, 6) is 0.747. The van der Waals surface area contributed by atoms with Crippen molar-refractivity contribution in [3.05, 3.63) is 18.2 Å². The summed E-state index contributed by atoms with van der Waals surface area (Å²) < 4.78 is 10.1. The molecule has 68 valence electrons. The molecule has 0 aromatic heterocycles. The molecule has 0 atom stereocenters. The molecule has 4 heteroatoms. The Morgan fingerprint density at radius 3 is 3.15 bits per heavy atom. The molecule has 1 heterocycles. The quantitative estimate of drug-likeness (QED) is 0.516. The molecule has 0 spiro atoms. The number of para-hydroxylation sites is 1. The zero-order valence-corrected chi connectivity index (χ0v) is 7.16. The van der Waals surface area contributed by atoms with E-state index in [1.807, 2.05) is 12.1 Å². The number of hydrogen-bond donors (Lipinski definition) is 1. The van der Waals surface area contributed by atoms with Crippen LogP contribution >= 0.6 is 0 Å². The Morgan fingerprint density at radius 2 is 2.38 bits per heavy atom. The maximum absolute atomic E-state index is 11.0. The van der Waals surface area contributed by atoms with Crippen LogP contribution in [0.15, 0.2) is 18.2 Å². The van der Waals surface area contributed by atoms with Gasteiger partial charge in [0.25, 0.3) is 0 Å². The number of esters is 1. The van der Waals surface area contributed by atoms with E-state index in [4.69, 9.17) is 9.47 Å². The highest BCUT2D eigenvalue weighted by Gasteiger charge is 2.19. The van der Waals surface area contributed by atoms with Gasteiger partial charge in [0.15, 0.2) is 11.5 Å². The first-order valence-electron chi connectivity index (χ1n) is 3.93. The van der Waals surface area contributed by atoms with Crippen LogP contribution in [0, 0.1) is 0 Å². The van der Waals surface area contributed by atoms with Crippen LogP contribution in [0.1, 0.15) is 0 Å². The van der Waals surface area contributed by atoms with Crippen molar-refractivity contribution in [1.82, 2.24) is 0 Å². The molecule has 13 heavy (non-hydrogen) atoms. The average Bonchev–Trinajstić information content (AvgIpc) is 2.17. The molecule has 0 aliphatic carbocycles. The van der Waals surface area contributed by atoms with E-state index >= 15 is 0 Å². The minimum absolute atomic E-state index is 0.208. The molecular weight excluding hydrogens is 170 g/mol. The van der Waals surface area contributed by atoms with Crippen LogP contribution < -0.4 is 14.8 Å². The van der Waals surface area contributed by atoms with E-state index in [2.05, 4.69) is 5.32 Å². The number of hydrogen-bond acceptors (Lipinski definition) is 4. The van der Waals surface area contributed by atoms with Crippen molar-refractivity contribution >= 4 is 11.7 Å². The summed E-state index contributed by atoms with van der Waals surface area (Å²) in [7, 11) is 1.54. The number of carbonyl (C=O) groups excluding carboxylic acids is 1. The predicted molar refractivity (Wildman–Crippen MR) is 47.1 cm³/mol. The van der Waals surface area contributed by atoms with E-state index in [0.29, 0.717) is 11.5 Å². The van der Waals surface area contributed by atoms with Crippen LogP contribution in [-0.2, 0) is 4.79 Å². The smallest absolute Gasteiger partial charge is 0.330 e. The van der Waals surface area contributed by atoms with Gasteiger partial charge in [-0.2, -0.15) is 0 Å². The van der Waals surface area contributed by atoms with Crippen molar-refractivity contribution in [2.24, 2.45) is 0 Å². The summed E-state index contributed by atoms with van der Waals surface area (Å²) in [6.45, 7) is 0.208. The Labute approximate surface area is 75.5 Å². The molecule has 1 aliphatic heterocycles. The summed E-state index contributed by atoms with van der Waals surface area (Å²) in [5, 5.41) is 2.93. The van der Waals surface area contributed by atoms with Gasteiger partial charge in [-0.3, -0.25) is 0 Å². The van der Waals surface area contributed by atoms with E-state index in [1.165, 1.54) is 7.11 Å². The molecule has 0 radical (unpaired) electrons. The van der Waals surface area contributed by atoms with E-state index in [1.54, 1.807) is 6.07 Å². The van der Waals surface area contributed by atoms with Crippen molar-refractivity contribution in [2.45, 2.75) is 0 Å². The topological polar surface area (TPSA) is 47.6 Å². The van der Waals surface area contributed by atoms with Crippen molar-refractivity contribution < 1.29 is 14.3 Å². The van der Waals surface area contributed by atoms with Gasteiger partial charge in [-0.25, -0.2) is 4.79 Å². The average molecular weight is 179 g/mol. The summed E-state index contributed by atoms with van der Waals surface area (Å²) in [5.41, 5.74) is 0.791.